The Kier molecular flexibility index (Phi) is 4.35. The molecule has 2 aromatic rings. The number of benzene rings is 2. The van der Waals surface area contributed by atoms with Gasteiger partial charge in [0.2, 0.25) is 5.91 Å². The minimum absolute atomic E-state index is 0.0887. The van der Waals surface area contributed by atoms with Crippen LogP contribution in [0.1, 0.15) is 22.3 Å². The van der Waals surface area contributed by atoms with Gasteiger partial charge in [0.25, 0.3) is 5.91 Å². The quantitative estimate of drug-likeness (QED) is 0.940. The Hall–Kier alpha value is -2.33. The monoisotopic (exact) mass is 328 g/mol. The third-order valence-corrected chi connectivity index (χ3v) is 4.30. The standard InChI is InChI=1S/C18H17ClN2O2/c1-12-6-8-13(9-7-12)21-11-10-16(18(21)23)20-17(22)14-4-2-3-5-15(14)19/h2-9,16H,10-11H2,1H3,(H,20,22)/t16-/m1/s1. The van der Waals surface area contributed by atoms with Crippen molar-refractivity contribution in [1.82, 2.24) is 5.32 Å². The molecular weight excluding hydrogens is 312 g/mol. The second-order valence-corrected chi connectivity index (χ2v) is 6.03. The molecule has 3 rings (SSSR count). The molecule has 0 bridgehead atoms. The van der Waals surface area contributed by atoms with Gasteiger partial charge in [-0.1, -0.05) is 41.4 Å². The molecule has 5 heteroatoms. The van der Waals surface area contributed by atoms with Crippen LogP contribution in [-0.2, 0) is 4.79 Å². The van der Waals surface area contributed by atoms with E-state index in [1.54, 1.807) is 29.2 Å². The van der Waals surface area contributed by atoms with Crippen LogP contribution in [0.25, 0.3) is 0 Å². The predicted molar refractivity (Wildman–Crippen MR) is 90.9 cm³/mol. The average molecular weight is 329 g/mol. The van der Waals surface area contributed by atoms with E-state index in [0.29, 0.717) is 23.6 Å². The van der Waals surface area contributed by atoms with Gasteiger partial charge in [0.05, 0.1) is 10.6 Å². The van der Waals surface area contributed by atoms with Crippen LogP contribution in [0.15, 0.2) is 48.5 Å². The summed E-state index contributed by atoms with van der Waals surface area (Å²) in [7, 11) is 0. The van der Waals surface area contributed by atoms with Gasteiger partial charge in [0, 0.05) is 12.2 Å². The molecule has 0 radical (unpaired) electrons. The van der Waals surface area contributed by atoms with Crippen molar-refractivity contribution in [1.29, 1.82) is 0 Å². The molecule has 0 saturated carbocycles. The second-order valence-electron chi connectivity index (χ2n) is 5.62. The van der Waals surface area contributed by atoms with Gasteiger partial charge in [0.1, 0.15) is 6.04 Å². The summed E-state index contributed by atoms with van der Waals surface area (Å²) >= 11 is 6.02. The zero-order chi connectivity index (χ0) is 16.4. The summed E-state index contributed by atoms with van der Waals surface area (Å²) in [6.07, 6.45) is 0.586. The molecule has 1 aliphatic rings. The van der Waals surface area contributed by atoms with E-state index in [-0.39, 0.29) is 11.8 Å². The van der Waals surface area contributed by atoms with Crippen molar-refractivity contribution in [2.75, 3.05) is 11.4 Å². The fourth-order valence-electron chi connectivity index (χ4n) is 2.68. The Balaban J connectivity index is 1.71. The van der Waals surface area contributed by atoms with Crippen LogP contribution >= 0.6 is 11.6 Å². The summed E-state index contributed by atoms with van der Waals surface area (Å²) in [6, 6.07) is 14.1. The third kappa shape index (κ3) is 3.22. The highest BCUT2D eigenvalue weighted by Crippen LogP contribution is 2.23. The van der Waals surface area contributed by atoms with Crippen molar-refractivity contribution in [3.05, 3.63) is 64.7 Å². The topological polar surface area (TPSA) is 49.4 Å². The molecule has 0 spiro atoms. The number of rotatable bonds is 3. The molecule has 23 heavy (non-hydrogen) atoms. The molecule has 118 valence electrons. The van der Waals surface area contributed by atoms with E-state index in [9.17, 15) is 9.59 Å². The fraction of sp³-hybridized carbons (Fsp3) is 0.222. The zero-order valence-electron chi connectivity index (χ0n) is 12.8. The lowest BCUT2D eigenvalue weighted by Gasteiger charge is -2.17. The van der Waals surface area contributed by atoms with Crippen LogP contribution in [0.2, 0.25) is 5.02 Å². The Labute approximate surface area is 140 Å². The smallest absolute Gasteiger partial charge is 0.253 e. The van der Waals surface area contributed by atoms with E-state index >= 15 is 0 Å². The largest absolute Gasteiger partial charge is 0.340 e. The number of nitrogens with one attached hydrogen (secondary N) is 1. The maximum absolute atomic E-state index is 12.5. The second kappa shape index (κ2) is 6.42. The summed E-state index contributed by atoms with van der Waals surface area (Å²) in [4.78, 5) is 26.5. The number of anilines is 1. The normalized spacial score (nSPS) is 17.4. The number of hydrogen-bond acceptors (Lipinski definition) is 2. The van der Waals surface area contributed by atoms with Gasteiger partial charge in [-0.15, -0.1) is 0 Å². The SMILES string of the molecule is Cc1ccc(N2CC[C@@H](NC(=O)c3ccccc3Cl)C2=O)cc1. The molecule has 0 unspecified atom stereocenters. The van der Waals surface area contributed by atoms with Crippen molar-refractivity contribution in [3.63, 3.8) is 0 Å². The molecule has 1 fully saturated rings. The van der Waals surface area contributed by atoms with Crippen molar-refractivity contribution in [2.45, 2.75) is 19.4 Å². The molecule has 1 N–H and O–H groups in total. The van der Waals surface area contributed by atoms with E-state index in [1.165, 1.54) is 0 Å². The van der Waals surface area contributed by atoms with Crippen molar-refractivity contribution < 1.29 is 9.59 Å². The van der Waals surface area contributed by atoms with Gasteiger partial charge < -0.3 is 10.2 Å². The number of hydrogen-bond donors (Lipinski definition) is 1. The van der Waals surface area contributed by atoms with Gasteiger partial charge in [-0.3, -0.25) is 9.59 Å². The van der Waals surface area contributed by atoms with E-state index in [0.717, 1.165) is 11.3 Å². The molecular formula is C18H17ClN2O2. The fourth-order valence-corrected chi connectivity index (χ4v) is 2.90. The first-order valence-corrected chi connectivity index (χ1v) is 7.87. The maximum atomic E-state index is 12.5. The molecule has 0 aromatic heterocycles. The summed E-state index contributed by atoms with van der Waals surface area (Å²) in [5, 5.41) is 3.16. The minimum atomic E-state index is -0.514. The van der Waals surface area contributed by atoms with Crippen molar-refractivity contribution in [3.8, 4) is 0 Å². The van der Waals surface area contributed by atoms with Crippen LogP contribution in [0.4, 0.5) is 5.69 Å². The summed E-state index contributed by atoms with van der Waals surface area (Å²) in [5.41, 5.74) is 2.38. The number of amides is 2. The maximum Gasteiger partial charge on any atom is 0.253 e. The molecule has 1 atom stereocenters. The number of aryl methyl sites for hydroxylation is 1. The minimum Gasteiger partial charge on any atom is -0.340 e. The highest BCUT2D eigenvalue weighted by atomic mass is 35.5. The van der Waals surface area contributed by atoms with Crippen molar-refractivity contribution >= 4 is 29.1 Å². The molecule has 1 saturated heterocycles. The lowest BCUT2D eigenvalue weighted by Crippen LogP contribution is -2.41. The molecule has 2 aromatic carbocycles. The summed E-state index contributed by atoms with van der Waals surface area (Å²) < 4.78 is 0. The van der Waals surface area contributed by atoms with Gasteiger partial charge in [-0.25, -0.2) is 0 Å². The lowest BCUT2D eigenvalue weighted by molar-refractivity contribution is -0.118. The first-order chi connectivity index (χ1) is 11.1. The van der Waals surface area contributed by atoms with Crippen LogP contribution < -0.4 is 10.2 Å². The Bertz CT molecular complexity index is 743. The van der Waals surface area contributed by atoms with Gasteiger partial charge in [-0.05, 0) is 37.6 Å². The summed E-state index contributed by atoms with van der Waals surface area (Å²) in [5.74, 6) is -0.408. The van der Waals surface area contributed by atoms with Crippen LogP contribution in [0.3, 0.4) is 0 Å². The number of halogens is 1. The molecule has 1 aliphatic heterocycles. The summed E-state index contributed by atoms with van der Waals surface area (Å²) in [6.45, 7) is 2.59. The van der Waals surface area contributed by atoms with Gasteiger partial charge >= 0.3 is 0 Å². The zero-order valence-corrected chi connectivity index (χ0v) is 13.5. The third-order valence-electron chi connectivity index (χ3n) is 3.97. The molecule has 4 nitrogen and oxygen atoms in total. The van der Waals surface area contributed by atoms with Crippen LogP contribution in [-0.4, -0.2) is 24.4 Å². The number of carbonyl (C=O) groups excluding carboxylic acids is 2. The predicted octanol–water partition coefficient (Wildman–Crippen LogP) is 3.18. The van der Waals surface area contributed by atoms with Gasteiger partial charge in [0.15, 0.2) is 0 Å². The van der Waals surface area contributed by atoms with E-state index < -0.39 is 6.04 Å². The lowest BCUT2D eigenvalue weighted by atomic mass is 10.2. The van der Waals surface area contributed by atoms with E-state index in [1.807, 2.05) is 31.2 Å². The van der Waals surface area contributed by atoms with Crippen molar-refractivity contribution in [2.24, 2.45) is 0 Å². The number of nitrogens with zero attached hydrogens (tertiary/aromatic N) is 1. The highest BCUT2D eigenvalue weighted by Gasteiger charge is 2.33. The molecule has 1 heterocycles. The highest BCUT2D eigenvalue weighted by molar-refractivity contribution is 6.33. The molecule has 0 aliphatic carbocycles. The van der Waals surface area contributed by atoms with Gasteiger partial charge in [-0.2, -0.15) is 0 Å². The first kappa shape index (κ1) is 15.6. The van der Waals surface area contributed by atoms with Crippen LogP contribution in [0.5, 0.6) is 0 Å². The first-order valence-electron chi connectivity index (χ1n) is 7.49. The van der Waals surface area contributed by atoms with Crippen LogP contribution in [0, 0.1) is 6.92 Å². The Morgan fingerprint density at radius 1 is 1.17 bits per heavy atom. The molecule has 2 amide bonds. The van der Waals surface area contributed by atoms with E-state index in [2.05, 4.69) is 5.32 Å². The number of carbonyl (C=O) groups is 2. The average Bonchev–Trinajstić information content (AvgIpc) is 2.89. The Morgan fingerprint density at radius 2 is 1.87 bits per heavy atom. The van der Waals surface area contributed by atoms with E-state index in [4.69, 9.17) is 11.6 Å². The Morgan fingerprint density at radius 3 is 2.57 bits per heavy atom.